The number of aromatic nitrogens is 2. The summed E-state index contributed by atoms with van der Waals surface area (Å²) in [6, 6.07) is 78.7. The third-order valence-electron chi connectivity index (χ3n) is 13.3. The van der Waals surface area contributed by atoms with Gasteiger partial charge in [-0.2, -0.15) is 0 Å². The summed E-state index contributed by atoms with van der Waals surface area (Å²) < 4.78 is 18.3. The van der Waals surface area contributed by atoms with Gasteiger partial charge in [0.25, 0.3) is 0 Å². The van der Waals surface area contributed by atoms with E-state index in [0.717, 1.165) is 105 Å². The van der Waals surface area contributed by atoms with Crippen LogP contribution in [0.2, 0.25) is 0 Å². The van der Waals surface area contributed by atoms with Crippen molar-refractivity contribution < 1.29 is 8.83 Å². The molecule has 0 fully saturated rings. The molecule has 64 heavy (non-hydrogen) atoms. The first kappa shape index (κ1) is 35.0. The molecule has 0 bridgehead atoms. The van der Waals surface area contributed by atoms with Crippen LogP contribution in [0.3, 0.4) is 0 Å². The van der Waals surface area contributed by atoms with Crippen molar-refractivity contribution in [3.8, 4) is 22.5 Å². The lowest BCUT2D eigenvalue weighted by atomic mass is 9.98. The number of benzene rings is 10. The zero-order valence-electron chi connectivity index (χ0n) is 34.5. The van der Waals surface area contributed by atoms with Crippen LogP contribution in [0.1, 0.15) is 0 Å². The summed E-state index contributed by atoms with van der Waals surface area (Å²) in [6.07, 6.45) is 0. The van der Waals surface area contributed by atoms with E-state index in [4.69, 9.17) is 8.83 Å². The SMILES string of the molecule is c1ccc(-n2c3ccc(-c4ccc(-n5c6ccccc6c6ccccc6c6ccccc6c6ccccc65)c5c4oc4ccccc45)cc3c3cc4c(cc32)oc2ccccc24)cc1. The minimum Gasteiger partial charge on any atom is -0.456 e. The Morgan fingerprint density at radius 3 is 1.47 bits per heavy atom. The smallest absolute Gasteiger partial charge is 0.145 e. The molecule has 10 aromatic carbocycles. The second-order valence-corrected chi connectivity index (χ2v) is 16.8. The van der Waals surface area contributed by atoms with Crippen LogP contribution in [0.5, 0.6) is 0 Å². The average molecular weight is 817 g/mol. The Morgan fingerprint density at radius 2 is 0.797 bits per heavy atom. The zero-order valence-corrected chi connectivity index (χ0v) is 34.5. The topological polar surface area (TPSA) is 36.1 Å². The lowest BCUT2D eigenvalue weighted by Crippen LogP contribution is -1.99. The zero-order chi connectivity index (χ0) is 41.9. The molecule has 0 aliphatic rings. The standard InChI is InChI=1S/C60H36N2O2/c1-2-16-38(17-3-1)61-53-32-30-37(34-48(53)49-35-50-46-24-10-14-28-56(46)63-58(50)36-55(49)61)39-31-33-54(59-47-25-11-15-29-57(47)64-60(39)59)62-51-26-12-8-22-44(51)42-20-6-4-18-40(42)41-19-5-7-21-43(41)45-23-9-13-27-52(45)62/h1-36H. The van der Waals surface area contributed by atoms with Gasteiger partial charge < -0.3 is 18.0 Å². The van der Waals surface area contributed by atoms with E-state index in [9.17, 15) is 0 Å². The summed E-state index contributed by atoms with van der Waals surface area (Å²) in [5.74, 6) is 0. The minimum atomic E-state index is 0.851. The van der Waals surface area contributed by atoms with E-state index in [0.29, 0.717) is 0 Å². The molecule has 0 saturated carbocycles. The van der Waals surface area contributed by atoms with E-state index in [1.165, 1.54) is 26.9 Å². The summed E-state index contributed by atoms with van der Waals surface area (Å²) in [7, 11) is 0. The highest BCUT2D eigenvalue weighted by Crippen LogP contribution is 2.45. The highest BCUT2D eigenvalue weighted by molar-refractivity contribution is 6.22. The molecule has 0 aliphatic heterocycles. The summed E-state index contributed by atoms with van der Waals surface area (Å²) in [6.45, 7) is 0. The van der Waals surface area contributed by atoms with Crippen LogP contribution in [0.25, 0.3) is 132 Å². The van der Waals surface area contributed by atoms with Crippen molar-refractivity contribution in [1.82, 2.24) is 9.13 Å². The molecule has 0 spiro atoms. The summed E-state index contributed by atoms with van der Waals surface area (Å²) in [5, 5.41) is 13.8. The van der Waals surface area contributed by atoms with Gasteiger partial charge >= 0.3 is 0 Å². The molecule has 4 heterocycles. The van der Waals surface area contributed by atoms with Crippen LogP contribution in [0, 0.1) is 0 Å². The second kappa shape index (κ2) is 13.4. The predicted molar refractivity (Wildman–Crippen MR) is 268 cm³/mol. The Kier molecular flexibility index (Phi) is 7.36. The predicted octanol–water partition coefficient (Wildman–Crippen LogP) is 16.8. The number of nitrogens with zero attached hydrogens (tertiary/aromatic N) is 2. The Balaban J connectivity index is 1.11. The van der Waals surface area contributed by atoms with Gasteiger partial charge in [0.1, 0.15) is 22.3 Å². The lowest BCUT2D eigenvalue weighted by Gasteiger charge is -2.16. The maximum atomic E-state index is 7.06. The van der Waals surface area contributed by atoms with Crippen molar-refractivity contribution in [3.63, 3.8) is 0 Å². The lowest BCUT2D eigenvalue weighted by molar-refractivity contribution is 0.669. The maximum absolute atomic E-state index is 7.06. The first-order valence-electron chi connectivity index (χ1n) is 21.8. The summed E-state index contributed by atoms with van der Waals surface area (Å²) >= 11 is 0. The van der Waals surface area contributed by atoms with Crippen LogP contribution < -0.4 is 0 Å². The highest BCUT2D eigenvalue weighted by atomic mass is 16.3. The third-order valence-corrected chi connectivity index (χ3v) is 13.3. The van der Waals surface area contributed by atoms with Crippen molar-refractivity contribution in [2.24, 2.45) is 0 Å². The molecule has 0 amide bonds. The molecule has 14 aromatic rings. The van der Waals surface area contributed by atoms with Crippen molar-refractivity contribution in [2.75, 3.05) is 0 Å². The van der Waals surface area contributed by atoms with Gasteiger partial charge in [0, 0.05) is 55.0 Å². The first-order valence-corrected chi connectivity index (χ1v) is 21.8. The molecule has 0 N–H and O–H groups in total. The normalized spacial score (nSPS) is 12.1. The molecule has 4 heteroatoms. The Bertz CT molecular complexity index is 4210. The number of para-hydroxylation sites is 5. The highest BCUT2D eigenvalue weighted by Gasteiger charge is 2.22. The molecule has 0 aliphatic carbocycles. The van der Waals surface area contributed by atoms with Crippen LogP contribution in [-0.4, -0.2) is 9.13 Å². The quantitative estimate of drug-likeness (QED) is 0.178. The van der Waals surface area contributed by atoms with Gasteiger partial charge in [0.2, 0.25) is 0 Å². The molecule has 0 radical (unpaired) electrons. The fourth-order valence-electron chi connectivity index (χ4n) is 10.6. The Labute approximate surface area is 366 Å². The number of hydrogen-bond acceptors (Lipinski definition) is 2. The molecule has 4 aromatic heterocycles. The van der Waals surface area contributed by atoms with Gasteiger partial charge in [-0.3, -0.25) is 0 Å². The van der Waals surface area contributed by atoms with E-state index in [-0.39, 0.29) is 0 Å². The number of rotatable bonds is 3. The second-order valence-electron chi connectivity index (χ2n) is 16.8. The summed E-state index contributed by atoms with van der Waals surface area (Å²) in [4.78, 5) is 0. The van der Waals surface area contributed by atoms with E-state index in [2.05, 4.69) is 215 Å². The molecule has 298 valence electrons. The minimum absolute atomic E-state index is 0.851. The molecular formula is C60H36N2O2. The summed E-state index contributed by atoms with van der Waals surface area (Å²) in [5.41, 5.74) is 12.2. The molecule has 14 rings (SSSR count). The van der Waals surface area contributed by atoms with E-state index in [1.807, 2.05) is 12.1 Å². The number of hydrogen-bond donors (Lipinski definition) is 0. The van der Waals surface area contributed by atoms with Crippen LogP contribution in [0.15, 0.2) is 227 Å². The molecule has 4 nitrogen and oxygen atoms in total. The molecular weight excluding hydrogens is 781 g/mol. The number of furan rings is 2. The fourth-order valence-corrected chi connectivity index (χ4v) is 10.6. The molecule has 0 unspecified atom stereocenters. The van der Waals surface area contributed by atoms with Gasteiger partial charge in [0.05, 0.1) is 33.1 Å². The van der Waals surface area contributed by atoms with E-state index >= 15 is 0 Å². The fraction of sp³-hybridized carbons (Fsp3) is 0. The third kappa shape index (κ3) is 4.99. The van der Waals surface area contributed by atoms with Crippen LogP contribution in [-0.2, 0) is 0 Å². The van der Waals surface area contributed by atoms with Gasteiger partial charge in [-0.1, -0.05) is 146 Å². The van der Waals surface area contributed by atoms with Crippen molar-refractivity contribution in [1.29, 1.82) is 0 Å². The average Bonchev–Trinajstić information content (AvgIpc) is 4.04. The largest absolute Gasteiger partial charge is 0.456 e. The number of fused-ring (bicyclic) bond motifs is 16. The van der Waals surface area contributed by atoms with Crippen LogP contribution in [0.4, 0.5) is 0 Å². The molecule has 0 saturated heterocycles. The van der Waals surface area contributed by atoms with Crippen molar-refractivity contribution in [2.45, 2.75) is 0 Å². The Morgan fingerprint density at radius 1 is 0.281 bits per heavy atom. The van der Waals surface area contributed by atoms with Gasteiger partial charge in [-0.25, -0.2) is 0 Å². The van der Waals surface area contributed by atoms with E-state index in [1.54, 1.807) is 0 Å². The monoisotopic (exact) mass is 816 g/mol. The van der Waals surface area contributed by atoms with Gasteiger partial charge in [-0.15, -0.1) is 0 Å². The Hall–Kier alpha value is -8.60. The van der Waals surface area contributed by atoms with Gasteiger partial charge in [0.15, 0.2) is 0 Å². The van der Waals surface area contributed by atoms with Crippen molar-refractivity contribution >= 4 is 109 Å². The van der Waals surface area contributed by atoms with E-state index < -0.39 is 0 Å². The van der Waals surface area contributed by atoms with Crippen LogP contribution >= 0.6 is 0 Å². The van der Waals surface area contributed by atoms with Gasteiger partial charge in [-0.05, 0) is 93.8 Å². The first-order chi connectivity index (χ1) is 31.8. The maximum Gasteiger partial charge on any atom is 0.145 e. The van der Waals surface area contributed by atoms with Crippen molar-refractivity contribution in [3.05, 3.63) is 218 Å². The molecule has 0 atom stereocenters.